The molecule has 2 N–H and O–H groups in total. The Bertz CT molecular complexity index is 391. The van der Waals surface area contributed by atoms with Crippen molar-refractivity contribution in [1.29, 1.82) is 0 Å². The van der Waals surface area contributed by atoms with Crippen LogP contribution >= 0.6 is 0 Å². The molecule has 2 rings (SSSR count). The number of urea groups is 1. The number of ether oxygens (including phenoxy) is 1. The smallest absolute Gasteiger partial charge is 0.315 e. The summed E-state index contributed by atoms with van der Waals surface area (Å²) >= 11 is 0. The molecule has 0 radical (unpaired) electrons. The van der Waals surface area contributed by atoms with Gasteiger partial charge in [-0.3, -0.25) is 4.98 Å². The van der Waals surface area contributed by atoms with Gasteiger partial charge >= 0.3 is 6.03 Å². The van der Waals surface area contributed by atoms with Crippen LogP contribution in [-0.4, -0.2) is 30.3 Å². The predicted molar refractivity (Wildman–Crippen MR) is 77.3 cm³/mol. The molecule has 1 aliphatic rings. The Hall–Kier alpha value is -1.62. The SMILES string of the molecule is O=C(NCCC[C@@H]1CCCCO1)NCc1ccncc1. The Balaban J connectivity index is 1.51. The standard InChI is InChI=1S/C15H23N3O2/c19-15(18-12-13-6-9-16-10-7-13)17-8-3-5-14-4-1-2-11-20-14/h6-7,9-10,14H,1-5,8,11-12H2,(H2,17,18,19)/t14-/m0/s1. The minimum absolute atomic E-state index is 0.119. The van der Waals surface area contributed by atoms with Crippen LogP contribution < -0.4 is 10.6 Å². The lowest BCUT2D eigenvalue weighted by atomic mass is 10.0. The van der Waals surface area contributed by atoms with Gasteiger partial charge < -0.3 is 15.4 Å². The molecule has 0 saturated carbocycles. The van der Waals surface area contributed by atoms with Crippen LogP contribution in [0.3, 0.4) is 0 Å². The Morgan fingerprint density at radius 1 is 1.30 bits per heavy atom. The fourth-order valence-corrected chi connectivity index (χ4v) is 2.31. The summed E-state index contributed by atoms with van der Waals surface area (Å²) in [7, 11) is 0. The zero-order valence-corrected chi connectivity index (χ0v) is 11.8. The first-order valence-corrected chi connectivity index (χ1v) is 7.37. The average Bonchev–Trinajstić information content (AvgIpc) is 2.52. The quantitative estimate of drug-likeness (QED) is 0.784. The van der Waals surface area contributed by atoms with Crippen LogP contribution in [0.2, 0.25) is 0 Å². The van der Waals surface area contributed by atoms with Gasteiger partial charge in [0.2, 0.25) is 0 Å². The van der Waals surface area contributed by atoms with E-state index in [1.54, 1.807) is 12.4 Å². The highest BCUT2D eigenvalue weighted by Crippen LogP contribution is 2.16. The average molecular weight is 277 g/mol. The first-order chi connectivity index (χ1) is 9.84. The second kappa shape index (κ2) is 8.53. The lowest BCUT2D eigenvalue weighted by molar-refractivity contribution is 0.0103. The van der Waals surface area contributed by atoms with Crippen LogP contribution in [0.25, 0.3) is 0 Å². The molecule has 1 atom stereocenters. The number of nitrogens with one attached hydrogen (secondary N) is 2. The largest absolute Gasteiger partial charge is 0.378 e. The van der Waals surface area contributed by atoms with Crippen LogP contribution in [0.5, 0.6) is 0 Å². The summed E-state index contributed by atoms with van der Waals surface area (Å²) in [6.45, 7) is 2.12. The molecule has 5 nitrogen and oxygen atoms in total. The van der Waals surface area contributed by atoms with E-state index in [0.29, 0.717) is 19.2 Å². The number of nitrogens with zero attached hydrogens (tertiary/aromatic N) is 1. The predicted octanol–water partition coefficient (Wildman–Crippen LogP) is 2.23. The van der Waals surface area contributed by atoms with E-state index >= 15 is 0 Å². The lowest BCUT2D eigenvalue weighted by Crippen LogP contribution is -2.35. The first kappa shape index (κ1) is 14.8. The molecule has 2 amide bonds. The van der Waals surface area contributed by atoms with Gasteiger partial charge in [0.1, 0.15) is 0 Å². The van der Waals surface area contributed by atoms with Crippen molar-refractivity contribution < 1.29 is 9.53 Å². The van der Waals surface area contributed by atoms with E-state index < -0.39 is 0 Å². The zero-order valence-electron chi connectivity index (χ0n) is 11.8. The van der Waals surface area contributed by atoms with Crippen LogP contribution in [0.4, 0.5) is 4.79 Å². The van der Waals surface area contributed by atoms with Crippen molar-refractivity contribution in [3.05, 3.63) is 30.1 Å². The second-order valence-corrected chi connectivity index (χ2v) is 5.10. The molecule has 0 bridgehead atoms. The second-order valence-electron chi connectivity index (χ2n) is 5.10. The van der Waals surface area contributed by atoms with Crippen molar-refractivity contribution >= 4 is 6.03 Å². The third-order valence-electron chi connectivity index (χ3n) is 3.46. The molecule has 0 spiro atoms. The van der Waals surface area contributed by atoms with Gasteiger partial charge in [-0.05, 0) is 49.8 Å². The van der Waals surface area contributed by atoms with E-state index in [0.717, 1.165) is 31.4 Å². The summed E-state index contributed by atoms with van der Waals surface area (Å²) in [6.07, 6.45) is 9.45. The molecule has 0 aliphatic carbocycles. The third-order valence-corrected chi connectivity index (χ3v) is 3.46. The Kier molecular flexibility index (Phi) is 6.31. The Morgan fingerprint density at radius 2 is 2.15 bits per heavy atom. The van der Waals surface area contributed by atoms with Crippen molar-refractivity contribution in [3.63, 3.8) is 0 Å². The van der Waals surface area contributed by atoms with E-state index in [4.69, 9.17) is 4.74 Å². The molecule has 1 aliphatic heterocycles. The van der Waals surface area contributed by atoms with Gasteiger partial charge in [-0.25, -0.2) is 4.79 Å². The normalized spacial score (nSPS) is 18.5. The van der Waals surface area contributed by atoms with Gasteiger partial charge in [0.25, 0.3) is 0 Å². The molecule has 1 saturated heterocycles. The molecular formula is C15H23N3O2. The van der Waals surface area contributed by atoms with Gasteiger partial charge in [-0.15, -0.1) is 0 Å². The molecule has 20 heavy (non-hydrogen) atoms. The van der Waals surface area contributed by atoms with E-state index in [1.165, 1.54) is 12.8 Å². The van der Waals surface area contributed by atoms with Crippen LogP contribution in [-0.2, 0) is 11.3 Å². The number of pyridine rings is 1. The molecular weight excluding hydrogens is 254 g/mol. The highest BCUT2D eigenvalue weighted by molar-refractivity contribution is 5.73. The molecule has 1 aromatic rings. The van der Waals surface area contributed by atoms with Gasteiger partial charge in [0.15, 0.2) is 0 Å². The summed E-state index contributed by atoms with van der Waals surface area (Å²) in [5.41, 5.74) is 1.05. The summed E-state index contributed by atoms with van der Waals surface area (Å²) in [5.74, 6) is 0. The van der Waals surface area contributed by atoms with Crippen LogP contribution in [0.1, 0.15) is 37.7 Å². The van der Waals surface area contributed by atoms with E-state index in [1.807, 2.05) is 12.1 Å². The number of hydrogen-bond donors (Lipinski definition) is 2. The summed E-state index contributed by atoms with van der Waals surface area (Å²) < 4.78 is 5.66. The monoisotopic (exact) mass is 277 g/mol. The van der Waals surface area contributed by atoms with Gasteiger partial charge in [0, 0.05) is 32.1 Å². The fraction of sp³-hybridized carbons (Fsp3) is 0.600. The van der Waals surface area contributed by atoms with E-state index in [9.17, 15) is 4.79 Å². The summed E-state index contributed by atoms with van der Waals surface area (Å²) in [6, 6.07) is 3.66. The van der Waals surface area contributed by atoms with Crippen molar-refractivity contribution in [3.8, 4) is 0 Å². The number of amides is 2. The Labute approximate surface area is 120 Å². The molecule has 1 fully saturated rings. The summed E-state index contributed by atoms with van der Waals surface area (Å²) in [5, 5.41) is 5.70. The van der Waals surface area contributed by atoms with Crippen molar-refractivity contribution in [1.82, 2.24) is 15.6 Å². The molecule has 110 valence electrons. The maximum Gasteiger partial charge on any atom is 0.315 e. The number of carbonyl (C=O) groups excluding carboxylic acids is 1. The molecule has 5 heteroatoms. The van der Waals surface area contributed by atoms with Crippen molar-refractivity contribution in [2.45, 2.75) is 44.8 Å². The van der Waals surface area contributed by atoms with Gasteiger partial charge in [0.05, 0.1) is 6.10 Å². The molecule has 2 heterocycles. The van der Waals surface area contributed by atoms with Crippen molar-refractivity contribution in [2.24, 2.45) is 0 Å². The fourth-order valence-electron chi connectivity index (χ4n) is 2.31. The number of aromatic nitrogens is 1. The first-order valence-electron chi connectivity index (χ1n) is 7.37. The molecule has 0 unspecified atom stereocenters. The minimum Gasteiger partial charge on any atom is -0.378 e. The molecule has 0 aromatic carbocycles. The molecule has 1 aromatic heterocycles. The number of carbonyl (C=O) groups is 1. The topological polar surface area (TPSA) is 63.2 Å². The van der Waals surface area contributed by atoms with Crippen LogP contribution in [0, 0.1) is 0 Å². The van der Waals surface area contributed by atoms with Crippen molar-refractivity contribution in [2.75, 3.05) is 13.2 Å². The maximum atomic E-state index is 11.6. The van der Waals surface area contributed by atoms with Crippen LogP contribution in [0.15, 0.2) is 24.5 Å². The maximum absolute atomic E-state index is 11.6. The Morgan fingerprint density at radius 3 is 2.90 bits per heavy atom. The third kappa shape index (κ3) is 5.57. The van der Waals surface area contributed by atoms with E-state index in [-0.39, 0.29) is 6.03 Å². The highest BCUT2D eigenvalue weighted by atomic mass is 16.5. The van der Waals surface area contributed by atoms with E-state index in [2.05, 4.69) is 15.6 Å². The lowest BCUT2D eigenvalue weighted by Gasteiger charge is -2.22. The highest BCUT2D eigenvalue weighted by Gasteiger charge is 2.12. The van der Waals surface area contributed by atoms with Gasteiger partial charge in [-0.1, -0.05) is 0 Å². The number of hydrogen-bond acceptors (Lipinski definition) is 3. The summed E-state index contributed by atoms with van der Waals surface area (Å²) in [4.78, 5) is 15.5. The van der Waals surface area contributed by atoms with Gasteiger partial charge in [-0.2, -0.15) is 0 Å². The minimum atomic E-state index is -0.119. The zero-order chi connectivity index (χ0) is 14.0. The number of rotatable bonds is 6.